The van der Waals surface area contributed by atoms with Crippen LogP contribution in [0, 0.1) is 6.92 Å². The van der Waals surface area contributed by atoms with Crippen LogP contribution < -0.4 is 10.5 Å². The van der Waals surface area contributed by atoms with Gasteiger partial charge in [-0.15, -0.1) is 0 Å². The standard InChI is InChI=1S/C13H11BrN2OS/c1-8-10(6-3-7-16-8)17-11-5-2-4-9(14)12(11)13(15)18/h2-7H,1H3,(H2,15,18). The normalized spacial score (nSPS) is 10.1. The number of hydrogen-bond acceptors (Lipinski definition) is 3. The van der Waals surface area contributed by atoms with Crippen molar-refractivity contribution in [3.63, 3.8) is 0 Å². The lowest BCUT2D eigenvalue weighted by Crippen LogP contribution is -2.11. The third kappa shape index (κ3) is 2.68. The van der Waals surface area contributed by atoms with Gasteiger partial charge < -0.3 is 10.5 Å². The van der Waals surface area contributed by atoms with E-state index in [2.05, 4.69) is 20.9 Å². The summed E-state index contributed by atoms with van der Waals surface area (Å²) in [5.41, 5.74) is 7.21. The van der Waals surface area contributed by atoms with Crippen LogP contribution in [0.2, 0.25) is 0 Å². The van der Waals surface area contributed by atoms with E-state index in [9.17, 15) is 0 Å². The third-order valence-electron chi connectivity index (χ3n) is 2.40. The van der Waals surface area contributed by atoms with E-state index in [0.29, 0.717) is 22.1 Å². The number of pyridine rings is 1. The number of nitrogens with zero attached hydrogens (tertiary/aromatic N) is 1. The van der Waals surface area contributed by atoms with Crippen LogP contribution in [0.15, 0.2) is 41.0 Å². The number of halogens is 1. The summed E-state index contributed by atoms with van der Waals surface area (Å²) < 4.78 is 6.64. The van der Waals surface area contributed by atoms with Crippen LogP contribution in [-0.2, 0) is 0 Å². The molecule has 1 aromatic heterocycles. The molecule has 0 fully saturated rings. The number of benzene rings is 1. The van der Waals surface area contributed by atoms with Gasteiger partial charge in [0.1, 0.15) is 16.5 Å². The molecular weight excluding hydrogens is 312 g/mol. The summed E-state index contributed by atoms with van der Waals surface area (Å²) in [6, 6.07) is 9.24. The van der Waals surface area contributed by atoms with Crippen molar-refractivity contribution in [2.75, 3.05) is 0 Å². The maximum atomic E-state index is 5.82. The van der Waals surface area contributed by atoms with Crippen molar-refractivity contribution < 1.29 is 4.74 Å². The summed E-state index contributed by atoms with van der Waals surface area (Å²) in [4.78, 5) is 4.46. The van der Waals surface area contributed by atoms with Crippen molar-refractivity contribution in [2.45, 2.75) is 6.92 Å². The minimum Gasteiger partial charge on any atom is -0.455 e. The Balaban J connectivity index is 2.44. The number of aromatic nitrogens is 1. The number of nitrogens with two attached hydrogens (primary N) is 1. The Morgan fingerprint density at radius 3 is 2.67 bits per heavy atom. The Morgan fingerprint density at radius 1 is 1.28 bits per heavy atom. The first-order valence-corrected chi connectivity index (χ1v) is 6.47. The monoisotopic (exact) mass is 322 g/mol. The van der Waals surface area contributed by atoms with Crippen molar-refractivity contribution in [3.8, 4) is 11.5 Å². The molecule has 0 spiro atoms. The van der Waals surface area contributed by atoms with Crippen molar-refractivity contribution in [2.24, 2.45) is 5.73 Å². The zero-order valence-electron chi connectivity index (χ0n) is 9.68. The van der Waals surface area contributed by atoms with E-state index in [0.717, 1.165) is 10.2 Å². The van der Waals surface area contributed by atoms with Gasteiger partial charge in [-0.3, -0.25) is 4.98 Å². The lowest BCUT2D eigenvalue weighted by molar-refractivity contribution is 0.474. The largest absolute Gasteiger partial charge is 0.455 e. The van der Waals surface area contributed by atoms with Gasteiger partial charge in [0.05, 0.1) is 11.3 Å². The van der Waals surface area contributed by atoms with Gasteiger partial charge >= 0.3 is 0 Å². The maximum absolute atomic E-state index is 5.82. The highest BCUT2D eigenvalue weighted by atomic mass is 79.9. The molecule has 18 heavy (non-hydrogen) atoms. The summed E-state index contributed by atoms with van der Waals surface area (Å²) in [6.07, 6.45) is 1.72. The van der Waals surface area contributed by atoms with Gasteiger partial charge in [-0.05, 0) is 47.1 Å². The van der Waals surface area contributed by atoms with E-state index >= 15 is 0 Å². The second-order valence-corrected chi connectivity index (χ2v) is 4.96. The smallest absolute Gasteiger partial charge is 0.148 e. The molecule has 2 rings (SSSR count). The van der Waals surface area contributed by atoms with Gasteiger partial charge in [0.15, 0.2) is 0 Å². The molecule has 1 heterocycles. The van der Waals surface area contributed by atoms with Crippen LogP contribution in [0.25, 0.3) is 0 Å². The average molecular weight is 323 g/mol. The first-order valence-electron chi connectivity index (χ1n) is 5.27. The molecule has 0 amide bonds. The minimum absolute atomic E-state index is 0.291. The van der Waals surface area contributed by atoms with E-state index in [-0.39, 0.29) is 0 Å². The predicted molar refractivity (Wildman–Crippen MR) is 79.1 cm³/mol. The lowest BCUT2D eigenvalue weighted by Gasteiger charge is -2.12. The highest BCUT2D eigenvalue weighted by Crippen LogP contribution is 2.31. The Bertz CT molecular complexity index is 601. The topological polar surface area (TPSA) is 48.1 Å². The SMILES string of the molecule is Cc1ncccc1Oc1cccc(Br)c1C(N)=S. The fourth-order valence-electron chi connectivity index (χ4n) is 1.52. The fourth-order valence-corrected chi connectivity index (χ4v) is 2.43. The summed E-state index contributed by atoms with van der Waals surface area (Å²) in [6.45, 7) is 1.88. The molecule has 0 aliphatic rings. The second kappa shape index (κ2) is 5.46. The molecule has 0 aliphatic heterocycles. The van der Waals surface area contributed by atoms with Crippen LogP contribution >= 0.6 is 28.1 Å². The van der Waals surface area contributed by atoms with Gasteiger partial charge in [-0.25, -0.2) is 0 Å². The molecular formula is C13H11BrN2OS. The molecule has 2 N–H and O–H groups in total. The molecule has 0 aliphatic carbocycles. The Hall–Kier alpha value is -1.46. The predicted octanol–water partition coefficient (Wildman–Crippen LogP) is 3.58. The Labute approximate surface area is 119 Å². The van der Waals surface area contributed by atoms with Crippen molar-refractivity contribution in [3.05, 3.63) is 52.3 Å². The number of rotatable bonds is 3. The number of thiocarbonyl (C=S) groups is 1. The molecule has 92 valence electrons. The molecule has 0 bridgehead atoms. The summed E-state index contributed by atoms with van der Waals surface area (Å²) in [5.74, 6) is 1.31. The Kier molecular flexibility index (Phi) is 3.93. The zero-order valence-corrected chi connectivity index (χ0v) is 12.1. The van der Waals surface area contributed by atoms with Gasteiger partial charge in [-0.1, -0.05) is 18.3 Å². The molecule has 0 atom stereocenters. The minimum atomic E-state index is 0.291. The van der Waals surface area contributed by atoms with E-state index in [1.165, 1.54) is 0 Å². The first-order chi connectivity index (χ1) is 8.59. The molecule has 0 radical (unpaired) electrons. The molecule has 0 saturated heterocycles. The zero-order chi connectivity index (χ0) is 13.1. The van der Waals surface area contributed by atoms with E-state index in [4.69, 9.17) is 22.7 Å². The van der Waals surface area contributed by atoms with Gasteiger partial charge in [0.25, 0.3) is 0 Å². The molecule has 0 saturated carbocycles. The fraction of sp³-hybridized carbons (Fsp3) is 0.0769. The molecule has 3 nitrogen and oxygen atoms in total. The highest BCUT2D eigenvalue weighted by Gasteiger charge is 2.12. The highest BCUT2D eigenvalue weighted by molar-refractivity contribution is 9.10. The summed E-state index contributed by atoms with van der Waals surface area (Å²) >= 11 is 8.45. The Morgan fingerprint density at radius 2 is 2.00 bits per heavy atom. The number of aryl methyl sites for hydroxylation is 1. The van der Waals surface area contributed by atoms with Crippen LogP contribution in [-0.4, -0.2) is 9.97 Å². The van der Waals surface area contributed by atoms with Gasteiger partial charge in [0.2, 0.25) is 0 Å². The molecule has 2 aromatic rings. The number of ether oxygens (including phenoxy) is 1. The van der Waals surface area contributed by atoms with E-state index in [1.54, 1.807) is 6.20 Å². The van der Waals surface area contributed by atoms with Crippen LogP contribution in [0.1, 0.15) is 11.3 Å². The van der Waals surface area contributed by atoms with E-state index < -0.39 is 0 Å². The van der Waals surface area contributed by atoms with Crippen LogP contribution in [0.5, 0.6) is 11.5 Å². The van der Waals surface area contributed by atoms with Crippen molar-refractivity contribution in [1.29, 1.82) is 0 Å². The lowest BCUT2D eigenvalue weighted by atomic mass is 10.2. The quantitative estimate of drug-likeness (QED) is 0.877. The van der Waals surface area contributed by atoms with E-state index in [1.807, 2.05) is 37.3 Å². The summed E-state index contributed by atoms with van der Waals surface area (Å²) in [5, 5.41) is 0. The van der Waals surface area contributed by atoms with Crippen LogP contribution in [0.3, 0.4) is 0 Å². The average Bonchev–Trinajstić information content (AvgIpc) is 2.31. The van der Waals surface area contributed by atoms with Crippen molar-refractivity contribution >= 4 is 33.1 Å². The maximum Gasteiger partial charge on any atom is 0.148 e. The van der Waals surface area contributed by atoms with Gasteiger partial charge in [0, 0.05) is 10.7 Å². The molecule has 0 unspecified atom stereocenters. The molecule has 5 heteroatoms. The van der Waals surface area contributed by atoms with Crippen LogP contribution in [0.4, 0.5) is 0 Å². The summed E-state index contributed by atoms with van der Waals surface area (Å²) in [7, 11) is 0. The number of hydrogen-bond donors (Lipinski definition) is 1. The second-order valence-electron chi connectivity index (χ2n) is 3.67. The van der Waals surface area contributed by atoms with Gasteiger partial charge in [-0.2, -0.15) is 0 Å². The third-order valence-corrected chi connectivity index (χ3v) is 3.27. The molecule has 1 aromatic carbocycles. The first kappa shape index (κ1) is 13.0. The van der Waals surface area contributed by atoms with Crippen molar-refractivity contribution in [1.82, 2.24) is 4.98 Å².